The van der Waals surface area contributed by atoms with Gasteiger partial charge >= 0.3 is 5.97 Å². The molecule has 0 radical (unpaired) electrons. The maximum absolute atomic E-state index is 14.3. The van der Waals surface area contributed by atoms with Crippen molar-refractivity contribution in [2.45, 2.75) is 98.4 Å². The van der Waals surface area contributed by atoms with E-state index >= 15 is 0 Å². The third-order valence-electron chi connectivity index (χ3n) is 13.7. The number of epoxide rings is 1. The Kier molecular flexibility index (Phi) is 7.72. The molecule has 4 heterocycles. The second kappa shape index (κ2) is 11.6. The number of hydrogen-bond acceptors (Lipinski definition) is 11. The summed E-state index contributed by atoms with van der Waals surface area (Å²) in [6.07, 6.45) is 9.72. The first-order chi connectivity index (χ1) is 25.3. The van der Waals surface area contributed by atoms with Crippen molar-refractivity contribution < 1.29 is 47.6 Å². The van der Waals surface area contributed by atoms with E-state index < -0.39 is 51.0 Å². The van der Waals surface area contributed by atoms with Gasteiger partial charge in [0.15, 0.2) is 17.0 Å². The highest BCUT2D eigenvalue weighted by Crippen LogP contribution is 2.81. The Bertz CT molecular complexity index is 2310. The Morgan fingerprint density at radius 2 is 1.78 bits per heavy atom. The lowest BCUT2D eigenvalue weighted by Crippen LogP contribution is -2.70. The number of ether oxygens (including phenoxy) is 3. The molecule has 284 valence electrons. The minimum atomic E-state index is -1.17. The van der Waals surface area contributed by atoms with E-state index in [9.17, 15) is 29.4 Å². The van der Waals surface area contributed by atoms with E-state index in [1.165, 1.54) is 13.0 Å². The summed E-state index contributed by atoms with van der Waals surface area (Å²) in [7, 11) is 0. The van der Waals surface area contributed by atoms with E-state index in [4.69, 9.17) is 23.0 Å². The van der Waals surface area contributed by atoms with Crippen LogP contribution in [0.2, 0.25) is 0 Å². The van der Waals surface area contributed by atoms with Gasteiger partial charge < -0.3 is 33.3 Å². The molecule has 0 amide bonds. The van der Waals surface area contributed by atoms with Crippen molar-refractivity contribution >= 4 is 28.5 Å². The summed E-state index contributed by atoms with van der Waals surface area (Å²) in [5, 5.41) is 22.0. The lowest BCUT2D eigenvalue weighted by Gasteiger charge is -2.64. The molecule has 3 fully saturated rings. The number of phenols is 1. The van der Waals surface area contributed by atoms with Crippen molar-refractivity contribution in [3.63, 3.8) is 0 Å². The van der Waals surface area contributed by atoms with Gasteiger partial charge in [-0.1, -0.05) is 26.0 Å². The van der Waals surface area contributed by atoms with Crippen LogP contribution in [0.1, 0.15) is 84.1 Å². The number of Topliss-reactive ketones (excluding diaryl/α,β-unsaturated/α-hetero) is 1. The monoisotopic (exact) mass is 738 g/mol. The van der Waals surface area contributed by atoms with Gasteiger partial charge in [-0.05, 0) is 88.7 Å². The van der Waals surface area contributed by atoms with Gasteiger partial charge in [-0.25, -0.2) is 0 Å². The Labute approximate surface area is 312 Å². The van der Waals surface area contributed by atoms with Crippen molar-refractivity contribution in [2.24, 2.45) is 27.6 Å². The number of carbonyl (C=O) groups excluding carboxylic acids is 3. The summed E-state index contributed by atoms with van der Waals surface area (Å²) >= 11 is 0. The van der Waals surface area contributed by atoms with Crippen molar-refractivity contribution in [2.75, 3.05) is 6.61 Å². The summed E-state index contributed by atoms with van der Waals surface area (Å²) in [6, 6.07) is 5.01. The van der Waals surface area contributed by atoms with Crippen LogP contribution in [0, 0.1) is 34.5 Å². The zero-order valence-corrected chi connectivity index (χ0v) is 31.8. The predicted molar refractivity (Wildman–Crippen MR) is 196 cm³/mol. The molecule has 2 aromatic heterocycles. The Hall–Kier alpha value is -4.90. The molecule has 1 saturated heterocycles. The molecule has 54 heavy (non-hydrogen) atoms. The molecule has 8 atom stereocenters. The van der Waals surface area contributed by atoms with Gasteiger partial charge in [0.05, 0.1) is 29.5 Å². The van der Waals surface area contributed by atoms with E-state index in [0.717, 1.165) is 11.1 Å². The Morgan fingerprint density at radius 3 is 2.46 bits per heavy atom. The number of allylic oxidation sites excluding steroid dienone is 5. The lowest BCUT2D eigenvalue weighted by molar-refractivity contribution is -0.200. The maximum Gasteiger partial charge on any atom is 0.302 e. The van der Waals surface area contributed by atoms with Crippen LogP contribution in [0.15, 0.2) is 79.5 Å². The number of aryl methyl sites for hydroxylation is 1. The number of esters is 1. The first kappa shape index (κ1) is 36.1. The molecule has 1 aromatic carbocycles. The van der Waals surface area contributed by atoms with Crippen LogP contribution < -0.4 is 10.2 Å². The normalized spacial score (nSPS) is 35.6. The highest BCUT2D eigenvalue weighted by Gasteiger charge is 2.89. The molecule has 0 bridgehead atoms. The van der Waals surface area contributed by atoms with Gasteiger partial charge in [0.2, 0.25) is 5.78 Å². The van der Waals surface area contributed by atoms with Gasteiger partial charge in [0.25, 0.3) is 0 Å². The van der Waals surface area contributed by atoms with Crippen LogP contribution in [0.3, 0.4) is 0 Å². The fourth-order valence-corrected chi connectivity index (χ4v) is 11.5. The van der Waals surface area contributed by atoms with Crippen LogP contribution in [0.25, 0.3) is 11.0 Å². The topological polar surface area (TPSA) is 166 Å². The standard InChI is InChI=1S/C28H32O7.C15H14O4/c1-14(29)34-17-12-26(5)16(15-8-10-33-13-15)11-19-28(26,35-19)27(6)21(17)25(4)9-7-18(30)24(2,3)22(25)20(31)23(27)32;1-8-3-4-10-12(18-7-8)6-13-14(15(10)17)11(16)5-9(2)19-13/h7-10,13,16-17,19,21,31H,11-12H2,1-6H3;3,5-6,17H,4,7H2,1-2H3. The molecule has 3 aromatic rings. The minimum absolute atomic E-state index is 0.0350. The summed E-state index contributed by atoms with van der Waals surface area (Å²) in [6.45, 7) is 15.0. The lowest BCUT2D eigenvalue weighted by atomic mass is 9.38. The quantitative estimate of drug-likeness (QED) is 0.156. The molecule has 11 nitrogen and oxygen atoms in total. The van der Waals surface area contributed by atoms with Crippen LogP contribution in [-0.4, -0.2) is 52.2 Å². The molecular weight excluding hydrogens is 692 g/mol. The third-order valence-corrected chi connectivity index (χ3v) is 13.7. The molecular formula is C43H46O11. The summed E-state index contributed by atoms with van der Waals surface area (Å²) in [5.41, 5.74) is -1.20. The molecule has 2 saturated carbocycles. The number of furan rings is 1. The summed E-state index contributed by atoms with van der Waals surface area (Å²) < 4.78 is 29.1. The fraction of sp³-hybridized carbons (Fsp3) is 0.488. The number of hydrogen-bond donors (Lipinski definition) is 2. The number of aliphatic hydroxyl groups excluding tert-OH is 1. The number of aliphatic hydroxyl groups is 1. The van der Waals surface area contributed by atoms with Gasteiger partial charge in [-0.3, -0.25) is 19.2 Å². The largest absolute Gasteiger partial charge is 0.507 e. The zero-order chi connectivity index (χ0) is 38.9. The second-order valence-electron chi connectivity index (χ2n) is 17.1. The summed E-state index contributed by atoms with van der Waals surface area (Å²) in [4.78, 5) is 51.6. The first-order valence-electron chi connectivity index (χ1n) is 18.5. The second-order valence-corrected chi connectivity index (χ2v) is 17.1. The van der Waals surface area contributed by atoms with Crippen molar-refractivity contribution in [1.82, 2.24) is 0 Å². The zero-order valence-electron chi connectivity index (χ0n) is 31.8. The van der Waals surface area contributed by atoms with Crippen molar-refractivity contribution in [3.8, 4) is 11.5 Å². The average Bonchev–Trinajstić information content (AvgIpc) is 3.54. The van der Waals surface area contributed by atoms with E-state index in [1.54, 1.807) is 51.5 Å². The smallest absolute Gasteiger partial charge is 0.302 e. The van der Waals surface area contributed by atoms with E-state index in [-0.39, 0.29) is 40.1 Å². The van der Waals surface area contributed by atoms with E-state index in [1.807, 2.05) is 32.9 Å². The highest BCUT2D eigenvalue weighted by atomic mass is 16.6. The number of fused-ring (bicyclic) bond motifs is 5. The van der Waals surface area contributed by atoms with Crippen LogP contribution >= 0.6 is 0 Å². The van der Waals surface area contributed by atoms with Crippen LogP contribution in [0.5, 0.6) is 11.5 Å². The molecule has 2 N–H and O–H groups in total. The Balaban J connectivity index is 0.000000183. The van der Waals surface area contributed by atoms with E-state index in [2.05, 4.69) is 6.92 Å². The molecule has 4 aliphatic carbocycles. The molecule has 9 rings (SSSR count). The third kappa shape index (κ3) is 4.56. The fourth-order valence-electron chi connectivity index (χ4n) is 11.5. The molecule has 1 spiro atoms. The van der Waals surface area contributed by atoms with Crippen molar-refractivity contribution in [1.29, 1.82) is 0 Å². The Morgan fingerprint density at radius 1 is 1.04 bits per heavy atom. The number of phenolic OH excluding ortho intramolecular Hbond substituents is 1. The predicted octanol–water partition coefficient (Wildman–Crippen LogP) is 7.12. The number of benzene rings is 1. The molecule has 2 aliphatic heterocycles. The maximum atomic E-state index is 14.3. The van der Waals surface area contributed by atoms with Crippen molar-refractivity contribution in [3.05, 3.63) is 93.0 Å². The van der Waals surface area contributed by atoms with Crippen LogP contribution in [-0.2, 0) is 30.3 Å². The van der Waals surface area contributed by atoms with Gasteiger partial charge in [0, 0.05) is 41.4 Å². The molecule has 6 aliphatic rings. The highest BCUT2D eigenvalue weighted by molar-refractivity contribution is 6.06. The van der Waals surface area contributed by atoms with E-state index in [0.29, 0.717) is 54.1 Å². The average molecular weight is 739 g/mol. The SMILES string of the molecule is CC(=O)OC1CC2(C)C(c3ccoc3)CC3OC32C2(C)C(=O)C(O)=C3C(C)(C)C(=O)C=CC3(C)C12.CC1=CCc2c(cc3oc(C)cc(=O)c3c2O)OC1. The number of rotatable bonds is 2. The van der Waals surface area contributed by atoms with Crippen LogP contribution in [0.4, 0.5) is 0 Å². The van der Waals surface area contributed by atoms with Gasteiger partial charge in [-0.2, -0.15) is 0 Å². The molecule has 11 heteroatoms. The molecule has 8 unspecified atom stereocenters. The number of carbonyl (C=O) groups is 3. The van der Waals surface area contributed by atoms with Gasteiger partial charge in [0.1, 0.15) is 46.5 Å². The van der Waals surface area contributed by atoms with Gasteiger partial charge in [-0.15, -0.1) is 0 Å². The number of ketones is 2. The number of aromatic hydroxyl groups is 1. The minimum Gasteiger partial charge on any atom is -0.507 e. The first-order valence-corrected chi connectivity index (χ1v) is 18.5. The summed E-state index contributed by atoms with van der Waals surface area (Å²) in [5.74, 6) is -0.781.